The van der Waals surface area contributed by atoms with E-state index in [-0.39, 0.29) is 17.7 Å². The fourth-order valence-electron chi connectivity index (χ4n) is 3.57. The zero-order valence-corrected chi connectivity index (χ0v) is 16.9. The molecule has 2 aliphatic rings. The molecule has 0 aliphatic heterocycles. The molecular formula is C22H24N4O4. The van der Waals surface area contributed by atoms with E-state index in [1.165, 1.54) is 4.52 Å². The number of fused-ring (bicyclic) bond motifs is 2. The Morgan fingerprint density at radius 1 is 1.17 bits per heavy atom. The number of aryl methyl sites for hydroxylation is 1. The molecule has 5 rings (SSSR count). The van der Waals surface area contributed by atoms with Crippen molar-refractivity contribution in [3.8, 4) is 17.0 Å². The molecule has 3 N–H and O–H groups in total. The highest BCUT2D eigenvalue weighted by Crippen LogP contribution is 2.39. The summed E-state index contributed by atoms with van der Waals surface area (Å²) in [6.45, 7) is 3.54. The summed E-state index contributed by atoms with van der Waals surface area (Å²) in [5, 5.41) is 24.7. The predicted octanol–water partition coefficient (Wildman–Crippen LogP) is 3.77. The van der Waals surface area contributed by atoms with Crippen molar-refractivity contribution in [3.63, 3.8) is 0 Å². The number of benzene rings is 1. The Hall–Kier alpha value is -3.42. The van der Waals surface area contributed by atoms with Crippen molar-refractivity contribution >= 4 is 17.5 Å². The minimum Gasteiger partial charge on any atom is -0.493 e. The summed E-state index contributed by atoms with van der Waals surface area (Å²) in [6.07, 6.45) is 2.67. The average Bonchev–Trinajstić information content (AvgIpc) is 3.33. The highest BCUT2D eigenvalue weighted by atomic mass is 16.4. The molecule has 2 aliphatic carbocycles. The van der Waals surface area contributed by atoms with Gasteiger partial charge in [0.25, 0.3) is 0 Å². The molecule has 0 spiro atoms. The lowest BCUT2D eigenvalue weighted by atomic mass is 10.0. The van der Waals surface area contributed by atoms with Gasteiger partial charge in [-0.1, -0.05) is 18.2 Å². The number of hydrogen-bond donors (Lipinski definition) is 3. The first-order valence-electron chi connectivity index (χ1n) is 10.1. The van der Waals surface area contributed by atoms with E-state index >= 15 is 0 Å². The van der Waals surface area contributed by atoms with Crippen molar-refractivity contribution in [1.82, 2.24) is 19.9 Å². The van der Waals surface area contributed by atoms with Crippen LogP contribution in [-0.4, -0.2) is 42.7 Å². The van der Waals surface area contributed by atoms with Crippen molar-refractivity contribution in [1.29, 1.82) is 0 Å². The zero-order valence-electron chi connectivity index (χ0n) is 16.9. The molecule has 2 aromatic heterocycles. The van der Waals surface area contributed by atoms with E-state index in [0.717, 1.165) is 47.3 Å². The number of carbonyl (C=O) groups excluding carboxylic acids is 1. The van der Waals surface area contributed by atoms with Crippen LogP contribution in [0.15, 0.2) is 30.3 Å². The Morgan fingerprint density at radius 2 is 1.90 bits per heavy atom. The third-order valence-corrected chi connectivity index (χ3v) is 5.17. The molecule has 1 amide bonds. The molecule has 1 fully saturated rings. The lowest BCUT2D eigenvalue weighted by Gasteiger charge is -2.06. The van der Waals surface area contributed by atoms with Gasteiger partial charge in [-0.25, -0.2) is 9.78 Å². The first-order chi connectivity index (χ1) is 14.3. The fraction of sp³-hybridized carbons (Fsp3) is 0.364. The molecule has 1 aromatic carbocycles. The molecule has 8 heteroatoms. The monoisotopic (exact) mass is 408 g/mol. The number of amides is 1. The minimum absolute atomic E-state index is 0.0255. The summed E-state index contributed by atoms with van der Waals surface area (Å²) in [5.41, 5.74) is 4.56. The number of nitrogens with one attached hydrogen (secondary N) is 1. The fourth-order valence-corrected chi connectivity index (χ4v) is 3.57. The lowest BCUT2D eigenvalue weighted by molar-refractivity contribution is 0.0994. The van der Waals surface area contributed by atoms with Crippen molar-refractivity contribution in [2.75, 3.05) is 0 Å². The SMILES string of the molecule is CC(C)NC(=O)O.O=C1CCc2cc(-c3ccc(O)n4nc(C5CC5)nc34)ccc21. The zero-order chi connectivity index (χ0) is 21.4. The third-order valence-electron chi connectivity index (χ3n) is 5.17. The van der Waals surface area contributed by atoms with Gasteiger partial charge in [-0.05, 0) is 50.3 Å². The van der Waals surface area contributed by atoms with Gasteiger partial charge in [0.05, 0.1) is 0 Å². The molecule has 2 heterocycles. The summed E-state index contributed by atoms with van der Waals surface area (Å²) in [4.78, 5) is 26.1. The van der Waals surface area contributed by atoms with Gasteiger partial charge in [-0.15, -0.1) is 5.10 Å². The lowest BCUT2D eigenvalue weighted by Crippen LogP contribution is -2.27. The highest BCUT2D eigenvalue weighted by Gasteiger charge is 2.29. The highest BCUT2D eigenvalue weighted by molar-refractivity contribution is 6.01. The van der Waals surface area contributed by atoms with Crippen LogP contribution in [0.2, 0.25) is 0 Å². The number of aromatic hydroxyl groups is 1. The van der Waals surface area contributed by atoms with Crippen molar-refractivity contribution in [3.05, 3.63) is 47.3 Å². The molecule has 8 nitrogen and oxygen atoms in total. The van der Waals surface area contributed by atoms with Crippen LogP contribution in [0.1, 0.15) is 60.8 Å². The van der Waals surface area contributed by atoms with Gasteiger partial charge >= 0.3 is 6.09 Å². The van der Waals surface area contributed by atoms with E-state index in [0.29, 0.717) is 18.0 Å². The van der Waals surface area contributed by atoms with E-state index in [4.69, 9.17) is 5.11 Å². The largest absolute Gasteiger partial charge is 0.493 e. The molecule has 1 saturated carbocycles. The number of hydrogen-bond acceptors (Lipinski definition) is 5. The predicted molar refractivity (Wildman–Crippen MR) is 111 cm³/mol. The van der Waals surface area contributed by atoms with E-state index in [1.807, 2.05) is 18.2 Å². The number of carboxylic acid groups (broad SMARTS) is 1. The van der Waals surface area contributed by atoms with Crippen molar-refractivity contribution < 1.29 is 19.8 Å². The van der Waals surface area contributed by atoms with Crippen LogP contribution in [0.5, 0.6) is 5.88 Å². The molecule has 0 radical (unpaired) electrons. The van der Waals surface area contributed by atoms with E-state index in [1.54, 1.807) is 19.9 Å². The van der Waals surface area contributed by atoms with E-state index < -0.39 is 6.09 Å². The smallest absolute Gasteiger partial charge is 0.404 e. The van der Waals surface area contributed by atoms with Crippen LogP contribution in [0.4, 0.5) is 4.79 Å². The number of pyridine rings is 1. The van der Waals surface area contributed by atoms with Gasteiger partial charge in [-0.2, -0.15) is 4.52 Å². The first-order valence-corrected chi connectivity index (χ1v) is 10.1. The molecule has 3 aromatic rings. The third kappa shape index (κ3) is 3.98. The number of Topliss-reactive ketones (excluding diaryl/α,β-unsaturated/α-hetero) is 1. The molecule has 0 atom stereocenters. The molecule has 0 unspecified atom stereocenters. The second-order valence-electron chi connectivity index (χ2n) is 7.98. The number of rotatable bonds is 3. The van der Waals surface area contributed by atoms with E-state index in [9.17, 15) is 14.7 Å². The molecule has 0 bridgehead atoms. The van der Waals surface area contributed by atoms with Crippen LogP contribution in [0.3, 0.4) is 0 Å². The Morgan fingerprint density at radius 3 is 2.53 bits per heavy atom. The normalized spacial score (nSPS) is 15.1. The molecule has 0 saturated heterocycles. The Labute approximate surface area is 173 Å². The topological polar surface area (TPSA) is 117 Å². The molecular weight excluding hydrogens is 384 g/mol. The van der Waals surface area contributed by atoms with Crippen LogP contribution < -0.4 is 5.32 Å². The average molecular weight is 408 g/mol. The Kier molecular flexibility index (Phi) is 5.15. The summed E-state index contributed by atoms with van der Waals surface area (Å²) in [7, 11) is 0. The second-order valence-corrected chi connectivity index (χ2v) is 7.98. The van der Waals surface area contributed by atoms with E-state index in [2.05, 4.69) is 21.5 Å². The molecule has 156 valence electrons. The molecule has 30 heavy (non-hydrogen) atoms. The Bertz CT molecular complexity index is 1130. The maximum Gasteiger partial charge on any atom is 0.404 e. The van der Waals surface area contributed by atoms with Gasteiger partial charge < -0.3 is 15.5 Å². The first kappa shape index (κ1) is 19.9. The number of ketones is 1. The van der Waals surface area contributed by atoms with Crippen LogP contribution in [0, 0.1) is 0 Å². The quantitative estimate of drug-likeness (QED) is 0.607. The second kappa shape index (κ2) is 7.78. The number of carbonyl (C=O) groups is 2. The maximum atomic E-state index is 11.8. The van der Waals surface area contributed by atoms with Crippen LogP contribution >= 0.6 is 0 Å². The summed E-state index contributed by atoms with van der Waals surface area (Å²) < 4.78 is 1.52. The summed E-state index contributed by atoms with van der Waals surface area (Å²) in [6, 6.07) is 9.47. The summed E-state index contributed by atoms with van der Waals surface area (Å²) in [5.74, 6) is 1.56. The maximum absolute atomic E-state index is 11.8. The van der Waals surface area contributed by atoms with Crippen LogP contribution in [0.25, 0.3) is 16.8 Å². The van der Waals surface area contributed by atoms with Gasteiger partial charge in [0.15, 0.2) is 17.3 Å². The van der Waals surface area contributed by atoms with Crippen molar-refractivity contribution in [2.45, 2.75) is 51.5 Å². The Balaban J connectivity index is 0.000000272. The number of nitrogens with zero attached hydrogens (tertiary/aromatic N) is 3. The minimum atomic E-state index is -0.963. The van der Waals surface area contributed by atoms with Gasteiger partial charge in [0.1, 0.15) is 0 Å². The number of aromatic nitrogens is 3. The standard InChI is InChI=1S/C18H15N3O2.C4H9NO2/c22-15-7-4-11-9-12(3-5-13(11)15)14-6-8-16(23)21-18(14)19-17(20-21)10-1-2-10;1-3(2)5-4(6)7/h3,5-6,8-10,23H,1-2,4,7H2;3,5H,1-2H3,(H,6,7). The van der Waals surface area contributed by atoms with Crippen molar-refractivity contribution in [2.24, 2.45) is 0 Å². The van der Waals surface area contributed by atoms with Gasteiger partial charge in [0, 0.05) is 35.6 Å². The summed E-state index contributed by atoms with van der Waals surface area (Å²) >= 11 is 0. The van der Waals surface area contributed by atoms with Gasteiger partial charge in [0.2, 0.25) is 5.88 Å². The van der Waals surface area contributed by atoms with Crippen LogP contribution in [-0.2, 0) is 6.42 Å². The van der Waals surface area contributed by atoms with Gasteiger partial charge in [-0.3, -0.25) is 4.79 Å².